The van der Waals surface area contributed by atoms with Crippen molar-refractivity contribution in [2.24, 2.45) is 0 Å². The van der Waals surface area contributed by atoms with Gasteiger partial charge in [-0.15, -0.1) is 9.94 Å². The minimum absolute atomic E-state index is 0.357. The Morgan fingerprint density at radius 2 is 1.88 bits per heavy atom. The van der Waals surface area contributed by atoms with Crippen LogP contribution in [0.25, 0.3) is 11.0 Å². The number of methoxy groups -OCH3 is 1. The Morgan fingerprint density at radius 3 is 2.64 bits per heavy atom. The van der Waals surface area contributed by atoms with Crippen LogP contribution in [-0.4, -0.2) is 60.1 Å². The molecule has 0 amide bonds. The molecule has 3 aromatic heterocycles. The Kier molecular flexibility index (Phi) is 8.25. The van der Waals surface area contributed by atoms with Crippen LogP contribution in [0.15, 0.2) is 67.3 Å². The first-order valence-electron chi connectivity index (χ1n) is 14.2. The van der Waals surface area contributed by atoms with E-state index in [0.29, 0.717) is 36.2 Å². The van der Waals surface area contributed by atoms with Crippen LogP contribution in [0.1, 0.15) is 58.8 Å². The second-order valence-corrected chi connectivity index (χ2v) is 11.0. The molecular formula is C31H34ClN7O3. The largest absolute Gasteiger partial charge is 0.465 e. The van der Waals surface area contributed by atoms with E-state index in [9.17, 15) is 4.79 Å². The highest BCUT2D eigenvalue weighted by Crippen LogP contribution is 2.28. The van der Waals surface area contributed by atoms with Crippen molar-refractivity contribution in [3.05, 3.63) is 101 Å². The van der Waals surface area contributed by atoms with Crippen molar-refractivity contribution in [1.29, 1.82) is 0 Å². The van der Waals surface area contributed by atoms with E-state index < -0.39 is 0 Å². The number of likely N-dealkylation sites (tertiary alicyclic amines) is 1. The van der Waals surface area contributed by atoms with Gasteiger partial charge in [-0.1, -0.05) is 23.7 Å². The molecule has 1 fully saturated rings. The molecule has 218 valence electrons. The van der Waals surface area contributed by atoms with Crippen LogP contribution >= 0.6 is 11.6 Å². The Hall–Kier alpha value is -4.15. The minimum atomic E-state index is -0.357. The highest BCUT2D eigenvalue weighted by atomic mass is 35.5. The summed E-state index contributed by atoms with van der Waals surface area (Å²) in [5.74, 6) is 0.987. The van der Waals surface area contributed by atoms with Crippen molar-refractivity contribution in [2.75, 3.05) is 20.2 Å². The van der Waals surface area contributed by atoms with Crippen LogP contribution in [0.4, 0.5) is 0 Å². The molecule has 10 nitrogen and oxygen atoms in total. The number of esters is 1. The lowest BCUT2D eigenvalue weighted by Crippen LogP contribution is -2.33. The van der Waals surface area contributed by atoms with Crippen LogP contribution in [0.5, 0.6) is 0 Å². The van der Waals surface area contributed by atoms with Crippen LogP contribution in [0, 0.1) is 0 Å². The van der Waals surface area contributed by atoms with Crippen molar-refractivity contribution < 1.29 is 14.4 Å². The quantitative estimate of drug-likeness (QED) is 0.214. The van der Waals surface area contributed by atoms with Gasteiger partial charge in [0.05, 0.1) is 60.7 Å². The van der Waals surface area contributed by atoms with Crippen LogP contribution < -0.4 is 4.84 Å². The molecule has 42 heavy (non-hydrogen) atoms. The molecule has 1 aliphatic heterocycles. The Labute approximate surface area is 249 Å². The number of fused-ring (bicyclic) bond motifs is 1. The fourth-order valence-electron chi connectivity index (χ4n) is 5.56. The van der Waals surface area contributed by atoms with Crippen LogP contribution in [-0.2, 0) is 31.0 Å². The van der Waals surface area contributed by atoms with Crippen LogP contribution in [0.3, 0.4) is 0 Å². The summed E-state index contributed by atoms with van der Waals surface area (Å²) in [6.07, 6.45) is 7.63. The number of carbonyl (C=O) groups excluding carboxylic acids is 1. The number of benzene rings is 2. The van der Waals surface area contributed by atoms with E-state index in [-0.39, 0.29) is 5.97 Å². The second-order valence-electron chi connectivity index (χ2n) is 10.6. The molecular weight excluding hydrogens is 554 g/mol. The summed E-state index contributed by atoms with van der Waals surface area (Å²) >= 11 is 5.98. The maximum absolute atomic E-state index is 12.3. The Balaban J connectivity index is 1.14. The molecule has 4 heterocycles. The number of halogens is 1. The van der Waals surface area contributed by atoms with E-state index in [1.54, 1.807) is 10.9 Å². The van der Waals surface area contributed by atoms with Gasteiger partial charge in [0.1, 0.15) is 12.4 Å². The van der Waals surface area contributed by atoms with Gasteiger partial charge in [-0.05, 0) is 74.8 Å². The maximum atomic E-state index is 12.3. The SMILES string of the molecule is CCn1cncc1Cn1c(CN2CCC(c3ccn(OCc4ccc(Cl)cc4)n3)CC2)nc2ccc(C(=O)OC)cc21. The number of nitrogens with zero attached hydrogens (tertiary/aromatic N) is 7. The Bertz CT molecular complexity index is 1670. The third kappa shape index (κ3) is 6.05. The zero-order valence-corrected chi connectivity index (χ0v) is 24.6. The van der Waals surface area contributed by atoms with Gasteiger partial charge in [-0.2, -0.15) is 0 Å². The topological polar surface area (TPSA) is 92.2 Å². The number of imidazole rings is 2. The van der Waals surface area contributed by atoms with E-state index in [1.807, 2.05) is 55.1 Å². The summed E-state index contributed by atoms with van der Waals surface area (Å²) in [5, 5.41) is 5.40. The standard InChI is InChI=1S/C31H34ClN7O3/c1-3-37-21-33-17-26(37)18-38-29-16-24(31(40)41-2)6-9-28(29)34-30(38)19-36-13-10-23(11-14-36)27-12-15-39(35-27)42-20-22-4-7-25(32)8-5-22/h4-9,12,15-17,21,23H,3,10-11,13-14,18-20H2,1-2H3. The number of hydrogen-bond acceptors (Lipinski definition) is 7. The van der Waals surface area contributed by atoms with Crippen molar-refractivity contribution >= 4 is 28.6 Å². The fraction of sp³-hybridized carbons (Fsp3) is 0.355. The Morgan fingerprint density at radius 1 is 1.07 bits per heavy atom. The van der Waals surface area contributed by atoms with Gasteiger partial charge < -0.3 is 18.7 Å². The minimum Gasteiger partial charge on any atom is -0.465 e. The summed E-state index contributed by atoms with van der Waals surface area (Å²) in [4.78, 5) is 31.5. The van der Waals surface area contributed by atoms with Crippen molar-refractivity contribution in [1.82, 2.24) is 33.9 Å². The van der Waals surface area contributed by atoms with Gasteiger partial charge in [0.2, 0.25) is 0 Å². The lowest BCUT2D eigenvalue weighted by molar-refractivity contribution is 0.0601. The van der Waals surface area contributed by atoms with Crippen molar-refractivity contribution in [3.63, 3.8) is 0 Å². The van der Waals surface area contributed by atoms with E-state index in [4.69, 9.17) is 31.3 Å². The van der Waals surface area contributed by atoms with Gasteiger partial charge >= 0.3 is 5.97 Å². The lowest BCUT2D eigenvalue weighted by Gasteiger charge is -2.31. The van der Waals surface area contributed by atoms with E-state index in [1.165, 1.54) is 7.11 Å². The second kappa shape index (κ2) is 12.4. The summed E-state index contributed by atoms with van der Waals surface area (Å²) in [7, 11) is 1.40. The number of aryl methyl sites for hydroxylation is 1. The summed E-state index contributed by atoms with van der Waals surface area (Å²) in [6.45, 7) is 6.58. The summed E-state index contributed by atoms with van der Waals surface area (Å²) in [6, 6.07) is 15.2. The first-order valence-corrected chi connectivity index (χ1v) is 14.6. The first kappa shape index (κ1) is 28.0. The predicted octanol–water partition coefficient (Wildman–Crippen LogP) is 4.95. The molecule has 0 N–H and O–H groups in total. The molecule has 6 rings (SSSR count). The molecule has 0 aliphatic carbocycles. The highest BCUT2D eigenvalue weighted by Gasteiger charge is 2.25. The molecule has 1 saturated heterocycles. The molecule has 1 aliphatic rings. The number of hydrogen-bond donors (Lipinski definition) is 0. The molecule has 0 spiro atoms. The third-order valence-electron chi connectivity index (χ3n) is 7.94. The van der Waals surface area contributed by atoms with Crippen molar-refractivity contribution in [2.45, 2.75) is 51.9 Å². The zero-order valence-electron chi connectivity index (χ0n) is 23.8. The number of carbonyl (C=O) groups is 1. The number of aromatic nitrogens is 6. The van der Waals surface area contributed by atoms with E-state index >= 15 is 0 Å². The number of rotatable bonds is 10. The molecule has 0 atom stereocenters. The van der Waals surface area contributed by atoms with E-state index in [0.717, 1.165) is 66.3 Å². The monoisotopic (exact) mass is 587 g/mol. The van der Waals surface area contributed by atoms with Gasteiger partial charge in [-0.3, -0.25) is 4.90 Å². The predicted molar refractivity (Wildman–Crippen MR) is 159 cm³/mol. The van der Waals surface area contributed by atoms with Gasteiger partial charge in [0.15, 0.2) is 0 Å². The maximum Gasteiger partial charge on any atom is 0.337 e. The van der Waals surface area contributed by atoms with Crippen LogP contribution in [0.2, 0.25) is 5.02 Å². The summed E-state index contributed by atoms with van der Waals surface area (Å²) < 4.78 is 9.31. The third-order valence-corrected chi connectivity index (χ3v) is 8.19. The molecule has 0 radical (unpaired) electrons. The fourth-order valence-corrected chi connectivity index (χ4v) is 5.69. The van der Waals surface area contributed by atoms with Gasteiger partial charge in [-0.25, -0.2) is 14.8 Å². The van der Waals surface area contributed by atoms with Crippen molar-refractivity contribution in [3.8, 4) is 0 Å². The van der Waals surface area contributed by atoms with Gasteiger partial charge in [0.25, 0.3) is 0 Å². The molecule has 5 aromatic rings. The van der Waals surface area contributed by atoms with E-state index in [2.05, 4.69) is 32.0 Å². The number of ether oxygens (including phenoxy) is 1. The molecule has 0 unspecified atom stereocenters. The first-order chi connectivity index (χ1) is 20.5. The molecule has 2 aromatic carbocycles. The molecule has 0 bridgehead atoms. The summed E-state index contributed by atoms with van der Waals surface area (Å²) in [5.41, 5.74) is 5.47. The number of piperidine rings is 1. The molecule has 0 saturated carbocycles. The van der Waals surface area contributed by atoms with Gasteiger partial charge in [0, 0.05) is 23.7 Å². The average molecular weight is 588 g/mol. The highest BCUT2D eigenvalue weighted by molar-refractivity contribution is 6.30. The molecule has 11 heteroatoms. The smallest absolute Gasteiger partial charge is 0.337 e. The lowest BCUT2D eigenvalue weighted by atomic mass is 9.94. The average Bonchev–Trinajstić information content (AvgIpc) is 3.76. The normalized spacial score (nSPS) is 14.5. The zero-order chi connectivity index (χ0) is 29.1.